The number of esters is 1. The average molecular weight is 310 g/mol. The summed E-state index contributed by atoms with van der Waals surface area (Å²) in [6.07, 6.45) is 1.36. The second-order valence-corrected chi connectivity index (χ2v) is 4.80. The van der Waals surface area contributed by atoms with Crippen LogP contribution in [-0.4, -0.2) is 24.6 Å². The van der Waals surface area contributed by atoms with Gasteiger partial charge in [0.15, 0.2) is 11.7 Å². The van der Waals surface area contributed by atoms with Gasteiger partial charge in [0.2, 0.25) is 0 Å². The molecule has 0 saturated carbocycles. The lowest BCUT2D eigenvalue weighted by Gasteiger charge is -2.18. The van der Waals surface area contributed by atoms with Crippen molar-refractivity contribution in [2.24, 2.45) is 10.9 Å². The van der Waals surface area contributed by atoms with E-state index in [9.17, 15) is 9.59 Å². The molecule has 0 aromatic heterocycles. The van der Waals surface area contributed by atoms with Crippen LogP contribution in [0.3, 0.4) is 0 Å². The van der Waals surface area contributed by atoms with Crippen molar-refractivity contribution >= 4 is 39.6 Å². The number of nitrogens with zero attached hydrogens (tertiary/aromatic N) is 1. The molecule has 0 N–H and O–H groups in total. The van der Waals surface area contributed by atoms with Crippen LogP contribution in [0.2, 0.25) is 0 Å². The van der Waals surface area contributed by atoms with E-state index < -0.39 is 11.9 Å². The summed E-state index contributed by atoms with van der Waals surface area (Å²) in [7, 11) is 0. The Balaban J connectivity index is 2.42. The molecule has 1 aromatic carbocycles. The maximum absolute atomic E-state index is 12.2. The Bertz CT molecular complexity index is 551. The van der Waals surface area contributed by atoms with E-state index in [1.807, 2.05) is 6.92 Å². The SMILES string of the molecule is CCOC(=O)C1C=Nc2c(ccc(Br)c2C)C1=O. The first-order chi connectivity index (χ1) is 8.56. The van der Waals surface area contributed by atoms with Gasteiger partial charge in [0.05, 0.1) is 12.3 Å². The van der Waals surface area contributed by atoms with Crippen LogP contribution < -0.4 is 0 Å². The summed E-state index contributed by atoms with van der Waals surface area (Å²) < 4.78 is 5.75. The summed E-state index contributed by atoms with van der Waals surface area (Å²) in [5.41, 5.74) is 1.98. The van der Waals surface area contributed by atoms with Crippen molar-refractivity contribution in [3.05, 3.63) is 27.7 Å². The van der Waals surface area contributed by atoms with Crippen molar-refractivity contribution in [1.82, 2.24) is 0 Å². The maximum Gasteiger partial charge on any atom is 0.322 e. The van der Waals surface area contributed by atoms with Crippen LogP contribution in [0, 0.1) is 12.8 Å². The first kappa shape index (κ1) is 13.0. The Hall–Kier alpha value is -1.49. The van der Waals surface area contributed by atoms with Gasteiger partial charge >= 0.3 is 5.97 Å². The molecule has 0 aliphatic carbocycles. The van der Waals surface area contributed by atoms with Crippen molar-refractivity contribution in [3.63, 3.8) is 0 Å². The fraction of sp³-hybridized carbons (Fsp3) is 0.308. The molecule has 1 heterocycles. The summed E-state index contributed by atoms with van der Waals surface area (Å²) in [5, 5.41) is 0. The van der Waals surface area contributed by atoms with Crippen LogP contribution >= 0.6 is 15.9 Å². The molecule has 0 spiro atoms. The highest BCUT2D eigenvalue weighted by Crippen LogP contribution is 2.34. The minimum absolute atomic E-state index is 0.253. The Kier molecular flexibility index (Phi) is 3.61. The number of fused-ring (bicyclic) bond motifs is 1. The van der Waals surface area contributed by atoms with E-state index in [4.69, 9.17) is 4.74 Å². The van der Waals surface area contributed by atoms with E-state index >= 15 is 0 Å². The number of aliphatic imine (C=N–C) groups is 1. The third kappa shape index (κ3) is 2.10. The Morgan fingerprint density at radius 1 is 1.50 bits per heavy atom. The molecular weight excluding hydrogens is 298 g/mol. The number of ether oxygens (including phenoxy) is 1. The Morgan fingerprint density at radius 2 is 2.22 bits per heavy atom. The molecule has 18 heavy (non-hydrogen) atoms. The molecule has 1 aliphatic heterocycles. The van der Waals surface area contributed by atoms with Gasteiger partial charge in [-0.3, -0.25) is 14.6 Å². The lowest BCUT2D eigenvalue weighted by atomic mass is 9.93. The number of hydrogen-bond donors (Lipinski definition) is 0. The summed E-state index contributed by atoms with van der Waals surface area (Å²) in [6, 6.07) is 3.46. The van der Waals surface area contributed by atoms with Crippen LogP contribution in [0.25, 0.3) is 0 Å². The minimum Gasteiger partial charge on any atom is -0.465 e. The predicted molar refractivity (Wildman–Crippen MR) is 71.5 cm³/mol. The molecule has 5 heteroatoms. The first-order valence-electron chi connectivity index (χ1n) is 5.60. The zero-order valence-corrected chi connectivity index (χ0v) is 11.7. The second-order valence-electron chi connectivity index (χ2n) is 3.94. The number of carbonyl (C=O) groups is 2. The van der Waals surface area contributed by atoms with Gasteiger partial charge in [-0.1, -0.05) is 15.9 Å². The van der Waals surface area contributed by atoms with E-state index in [-0.39, 0.29) is 12.4 Å². The van der Waals surface area contributed by atoms with E-state index in [0.717, 1.165) is 10.0 Å². The van der Waals surface area contributed by atoms with E-state index in [0.29, 0.717) is 11.3 Å². The van der Waals surface area contributed by atoms with Crippen molar-refractivity contribution in [2.75, 3.05) is 6.61 Å². The first-order valence-corrected chi connectivity index (χ1v) is 6.39. The largest absolute Gasteiger partial charge is 0.465 e. The molecule has 0 radical (unpaired) electrons. The van der Waals surface area contributed by atoms with Crippen molar-refractivity contribution in [3.8, 4) is 0 Å². The fourth-order valence-corrected chi connectivity index (χ4v) is 2.14. The third-order valence-corrected chi connectivity index (χ3v) is 3.67. The zero-order valence-electron chi connectivity index (χ0n) is 10.1. The van der Waals surface area contributed by atoms with Gasteiger partial charge in [-0.05, 0) is 31.5 Å². The van der Waals surface area contributed by atoms with Gasteiger partial charge in [0.25, 0.3) is 0 Å². The van der Waals surface area contributed by atoms with Crippen molar-refractivity contribution < 1.29 is 14.3 Å². The smallest absolute Gasteiger partial charge is 0.322 e. The average Bonchev–Trinajstić information content (AvgIpc) is 2.34. The van der Waals surface area contributed by atoms with Gasteiger partial charge in [-0.2, -0.15) is 0 Å². The summed E-state index contributed by atoms with van der Waals surface area (Å²) in [4.78, 5) is 28.0. The number of halogens is 1. The van der Waals surface area contributed by atoms with Crippen LogP contribution in [0.1, 0.15) is 22.8 Å². The van der Waals surface area contributed by atoms with Crippen LogP contribution in [0.5, 0.6) is 0 Å². The highest BCUT2D eigenvalue weighted by molar-refractivity contribution is 9.10. The number of carbonyl (C=O) groups excluding carboxylic acids is 2. The topological polar surface area (TPSA) is 55.7 Å². The molecule has 0 saturated heterocycles. The third-order valence-electron chi connectivity index (χ3n) is 2.81. The molecule has 0 bridgehead atoms. The van der Waals surface area contributed by atoms with E-state index in [1.165, 1.54) is 6.21 Å². The molecule has 1 aliphatic rings. The number of hydrogen-bond acceptors (Lipinski definition) is 4. The molecule has 2 rings (SSSR count). The van der Waals surface area contributed by atoms with Crippen LogP contribution in [0.4, 0.5) is 5.69 Å². The van der Waals surface area contributed by atoms with Gasteiger partial charge in [-0.15, -0.1) is 0 Å². The number of Topliss-reactive ketones (excluding diaryl/α,β-unsaturated/α-hetero) is 1. The summed E-state index contributed by atoms with van der Waals surface area (Å²) in [5.74, 6) is -1.72. The minimum atomic E-state index is -0.918. The number of ketones is 1. The molecule has 1 atom stereocenters. The van der Waals surface area contributed by atoms with E-state index in [1.54, 1.807) is 19.1 Å². The second kappa shape index (κ2) is 5.02. The van der Waals surface area contributed by atoms with Gasteiger partial charge in [-0.25, -0.2) is 0 Å². The molecule has 1 unspecified atom stereocenters. The van der Waals surface area contributed by atoms with Gasteiger partial charge in [0, 0.05) is 16.3 Å². The number of rotatable bonds is 2. The normalized spacial score (nSPS) is 17.5. The highest BCUT2D eigenvalue weighted by Gasteiger charge is 2.32. The van der Waals surface area contributed by atoms with Crippen molar-refractivity contribution in [1.29, 1.82) is 0 Å². The Morgan fingerprint density at radius 3 is 2.89 bits per heavy atom. The Labute approximate surface area is 113 Å². The monoisotopic (exact) mass is 309 g/mol. The fourth-order valence-electron chi connectivity index (χ4n) is 1.82. The van der Waals surface area contributed by atoms with Crippen LogP contribution in [0.15, 0.2) is 21.6 Å². The maximum atomic E-state index is 12.2. The highest BCUT2D eigenvalue weighted by atomic mass is 79.9. The van der Waals surface area contributed by atoms with Crippen LogP contribution in [-0.2, 0) is 9.53 Å². The molecule has 0 amide bonds. The summed E-state index contributed by atoms with van der Waals surface area (Å²) in [6.45, 7) is 3.83. The lowest BCUT2D eigenvalue weighted by Crippen LogP contribution is -2.29. The van der Waals surface area contributed by atoms with Gasteiger partial charge in [0.1, 0.15) is 0 Å². The van der Waals surface area contributed by atoms with Crippen molar-refractivity contribution in [2.45, 2.75) is 13.8 Å². The number of benzene rings is 1. The molecule has 1 aromatic rings. The predicted octanol–water partition coefficient (Wildman–Crippen LogP) is 2.84. The molecular formula is C13H12BrNO3. The molecule has 4 nitrogen and oxygen atoms in total. The zero-order chi connectivity index (χ0) is 13.3. The molecule has 94 valence electrons. The summed E-state index contributed by atoms with van der Waals surface area (Å²) >= 11 is 3.39. The lowest BCUT2D eigenvalue weighted by molar-refractivity contribution is -0.143. The quantitative estimate of drug-likeness (QED) is 0.623. The van der Waals surface area contributed by atoms with Gasteiger partial charge < -0.3 is 4.74 Å². The van der Waals surface area contributed by atoms with E-state index in [2.05, 4.69) is 20.9 Å². The molecule has 0 fully saturated rings. The standard InChI is InChI=1S/C13H12BrNO3/c1-3-18-13(17)9-6-15-11-7(2)10(14)5-4-8(11)12(9)16/h4-6,9H,3H2,1-2H3.